The predicted molar refractivity (Wildman–Crippen MR) is 98.7 cm³/mol. The van der Waals surface area contributed by atoms with Crippen LogP contribution in [0.4, 0.5) is 0 Å². The van der Waals surface area contributed by atoms with Crippen LogP contribution in [0.1, 0.15) is 57.8 Å². The second kappa shape index (κ2) is 12.2. The Kier molecular flexibility index (Phi) is 11.1. The fourth-order valence-corrected chi connectivity index (χ4v) is 1.85. The highest BCUT2D eigenvalue weighted by Crippen LogP contribution is 2.24. The van der Waals surface area contributed by atoms with Gasteiger partial charge in [0, 0.05) is 6.07 Å². The van der Waals surface area contributed by atoms with Crippen molar-refractivity contribution >= 4 is 5.97 Å². The van der Waals surface area contributed by atoms with Crippen LogP contribution in [0.25, 0.3) is 0 Å². The lowest BCUT2D eigenvalue weighted by Gasteiger charge is -2.07. The summed E-state index contributed by atoms with van der Waals surface area (Å²) in [5.74, 6) is -0.203. The van der Waals surface area contributed by atoms with Crippen molar-refractivity contribution < 1.29 is 19.4 Å². The number of carbonyl (C=O) groups excluding carboxylic acids is 1. The van der Waals surface area contributed by atoms with Gasteiger partial charge in [-0.1, -0.05) is 31.1 Å². The van der Waals surface area contributed by atoms with E-state index in [1.807, 2.05) is 19.9 Å². The zero-order valence-corrected chi connectivity index (χ0v) is 15.7. The number of hydrogen-bond acceptors (Lipinski definition) is 4. The van der Waals surface area contributed by atoms with Gasteiger partial charge in [0.25, 0.3) is 0 Å². The van der Waals surface area contributed by atoms with Gasteiger partial charge >= 0.3 is 5.97 Å². The lowest BCUT2D eigenvalue weighted by atomic mass is 10.1. The molecular weight excluding hydrogens is 304 g/mol. The molecule has 1 aromatic carbocycles. The third-order valence-electron chi connectivity index (χ3n) is 3.15. The van der Waals surface area contributed by atoms with Crippen LogP contribution in [0.3, 0.4) is 0 Å². The summed E-state index contributed by atoms with van der Waals surface area (Å²) in [5, 5.41) is 9.77. The smallest absolute Gasteiger partial charge is 0.341 e. The molecule has 0 radical (unpaired) electrons. The Bertz CT molecular complexity index is 567. The third-order valence-corrected chi connectivity index (χ3v) is 3.15. The highest BCUT2D eigenvalue weighted by atomic mass is 16.5. The van der Waals surface area contributed by atoms with Gasteiger partial charge in [0.2, 0.25) is 0 Å². The van der Waals surface area contributed by atoms with Gasteiger partial charge in [0.15, 0.2) is 0 Å². The Morgan fingerprint density at radius 2 is 1.83 bits per heavy atom. The monoisotopic (exact) mass is 334 g/mol. The molecule has 0 fully saturated rings. The maximum Gasteiger partial charge on any atom is 0.341 e. The van der Waals surface area contributed by atoms with Crippen LogP contribution in [-0.2, 0) is 4.74 Å². The lowest BCUT2D eigenvalue weighted by Crippen LogP contribution is -2.02. The van der Waals surface area contributed by atoms with Gasteiger partial charge in [-0.3, -0.25) is 0 Å². The minimum absolute atomic E-state index is 0.128. The molecule has 0 aromatic heterocycles. The van der Waals surface area contributed by atoms with E-state index in [0.29, 0.717) is 12.4 Å². The number of hydrogen-bond donors (Lipinski definition) is 1. The molecule has 0 heterocycles. The molecule has 24 heavy (non-hydrogen) atoms. The summed E-state index contributed by atoms with van der Waals surface area (Å²) >= 11 is 0. The van der Waals surface area contributed by atoms with Crippen LogP contribution in [0.5, 0.6) is 11.5 Å². The van der Waals surface area contributed by atoms with Gasteiger partial charge in [-0.15, -0.1) is 0 Å². The molecule has 0 aliphatic heterocycles. The molecule has 134 valence electrons. The number of benzene rings is 1. The highest BCUT2D eigenvalue weighted by Gasteiger charge is 2.11. The molecule has 0 aliphatic rings. The maximum atomic E-state index is 11.4. The molecule has 0 saturated heterocycles. The fraction of sp³-hybridized carbons (Fsp3) is 0.450. The van der Waals surface area contributed by atoms with E-state index in [4.69, 9.17) is 4.74 Å². The first-order valence-corrected chi connectivity index (χ1v) is 8.27. The highest BCUT2D eigenvalue weighted by molar-refractivity contribution is 5.92. The van der Waals surface area contributed by atoms with Crippen LogP contribution < -0.4 is 4.74 Å². The molecule has 4 nitrogen and oxygen atoms in total. The standard InChI is InChI=1S/C18H24O4.C2H6/c1-13(2)6-5-7-14(3)10-11-22-15-8-9-16(17(19)12-15)18(20)21-4;1-2/h6,8-10,12,19H,5,7,11H2,1-4H3;1-2H3/b14-10+;. The molecule has 4 heteroatoms. The van der Waals surface area contributed by atoms with Crippen LogP contribution in [0.15, 0.2) is 41.5 Å². The first-order valence-electron chi connectivity index (χ1n) is 8.27. The number of aromatic hydroxyl groups is 1. The van der Waals surface area contributed by atoms with Crippen molar-refractivity contribution in [3.8, 4) is 11.5 Å². The van der Waals surface area contributed by atoms with Crippen LogP contribution >= 0.6 is 0 Å². The van der Waals surface area contributed by atoms with Crippen LogP contribution in [-0.4, -0.2) is 24.8 Å². The van der Waals surface area contributed by atoms with Crippen molar-refractivity contribution in [1.82, 2.24) is 0 Å². The van der Waals surface area contributed by atoms with Gasteiger partial charge in [0.05, 0.1) is 7.11 Å². The number of phenols is 1. The van der Waals surface area contributed by atoms with E-state index < -0.39 is 5.97 Å². The number of esters is 1. The van der Waals surface area contributed by atoms with Crippen LogP contribution in [0.2, 0.25) is 0 Å². The summed E-state index contributed by atoms with van der Waals surface area (Å²) in [5.41, 5.74) is 2.71. The predicted octanol–water partition coefficient (Wildman–Crippen LogP) is 5.28. The second-order valence-electron chi connectivity index (χ2n) is 5.35. The lowest BCUT2D eigenvalue weighted by molar-refractivity contribution is 0.0597. The Hall–Kier alpha value is -2.23. The summed E-state index contributed by atoms with van der Waals surface area (Å²) < 4.78 is 10.1. The second-order valence-corrected chi connectivity index (χ2v) is 5.35. The molecule has 0 saturated carbocycles. The van der Waals surface area contributed by atoms with E-state index in [-0.39, 0.29) is 11.3 Å². The zero-order chi connectivity index (χ0) is 18.5. The molecular formula is C20H30O4. The van der Waals surface area contributed by atoms with E-state index >= 15 is 0 Å². The number of ether oxygens (including phenoxy) is 2. The topological polar surface area (TPSA) is 55.8 Å². The molecule has 0 spiro atoms. The number of allylic oxidation sites excluding steroid dienone is 3. The summed E-state index contributed by atoms with van der Waals surface area (Å²) in [7, 11) is 1.27. The Morgan fingerprint density at radius 1 is 1.17 bits per heavy atom. The van der Waals surface area contributed by atoms with Crippen molar-refractivity contribution in [3.63, 3.8) is 0 Å². The van der Waals surface area contributed by atoms with E-state index in [1.165, 1.54) is 30.4 Å². The minimum atomic E-state index is -0.570. The van der Waals surface area contributed by atoms with E-state index in [2.05, 4.69) is 31.6 Å². The average Bonchev–Trinajstić information content (AvgIpc) is 2.56. The summed E-state index contributed by atoms with van der Waals surface area (Å²) in [6.07, 6.45) is 6.26. The van der Waals surface area contributed by atoms with Crippen molar-refractivity contribution in [2.75, 3.05) is 13.7 Å². The van der Waals surface area contributed by atoms with Crippen molar-refractivity contribution in [1.29, 1.82) is 0 Å². The molecule has 0 atom stereocenters. The van der Waals surface area contributed by atoms with Gasteiger partial charge in [-0.25, -0.2) is 4.79 Å². The third kappa shape index (κ3) is 8.42. The van der Waals surface area contributed by atoms with E-state index in [0.717, 1.165) is 12.8 Å². The van der Waals surface area contributed by atoms with Gasteiger partial charge < -0.3 is 14.6 Å². The van der Waals surface area contributed by atoms with E-state index in [9.17, 15) is 9.90 Å². The Labute approximate surface area is 145 Å². The normalized spacial score (nSPS) is 10.3. The molecule has 1 rings (SSSR count). The Balaban J connectivity index is 0.00000254. The molecule has 0 bridgehead atoms. The summed E-state index contributed by atoms with van der Waals surface area (Å²) in [6, 6.07) is 4.54. The Morgan fingerprint density at radius 3 is 2.38 bits per heavy atom. The van der Waals surface area contributed by atoms with Crippen molar-refractivity contribution in [2.24, 2.45) is 0 Å². The number of phenolic OH excluding ortho intramolecular Hbond substituents is 1. The number of carbonyl (C=O) groups is 1. The minimum Gasteiger partial charge on any atom is -0.507 e. The van der Waals surface area contributed by atoms with E-state index in [1.54, 1.807) is 6.07 Å². The van der Waals surface area contributed by atoms with Crippen LogP contribution in [0, 0.1) is 0 Å². The quantitative estimate of drug-likeness (QED) is 0.544. The van der Waals surface area contributed by atoms with Gasteiger partial charge in [-0.05, 0) is 51.8 Å². The molecule has 0 amide bonds. The molecule has 1 N–H and O–H groups in total. The largest absolute Gasteiger partial charge is 0.507 e. The summed E-state index contributed by atoms with van der Waals surface area (Å²) in [6.45, 7) is 10.7. The number of methoxy groups -OCH3 is 1. The average molecular weight is 334 g/mol. The van der Waals surface area contributed by atoms with Gasteiger partial charge in [-0.2, -0.15) is 0 Å². The van der Waals surface area contributed by atoms with Gasteiger partial charge in [0.1, 0.15) is 23.7 Å². The maximum absolute atomic E-state index is 11.4. The van der Waals surface area contributed by atoms with Crippen molar-refractivity contribution in [3.05, 3.63) is 47.1 Å². The first kappa shape index (κ1) is 21.8. The fourth-order valence-electron chi connectivity index (χ4n) is 1.85. The molecule has 1 aromatic rings. The summed E-state index contributed by atoms with van der Waals surface area (Å²) in [4.78, 5) is 11.4. The first-order chi connectivity index (χ1) is 11.4. The molecule has 0 aliphatic carbocycles. The SMILES string of the molecule is CC.COC(=O)c1ccc(OC/C=C(\C)CCC=C(C)C)cc1O. The molecule has 0 unspecified atom stereocenters. The zero-order valence-electron chi connectivity index (χ0n) is 15.7. The van der Waals surface area contributed by atoms with Crippen molar-refractivity contribution in [2.45, 2.75) is 47.5 Å². The number of rotatable bonds is 7.